The molecule has 0 aliphatic heterocycles. The second-order valence-corrected chi connectivity index (χ2v) is 4.74. The largest absolute Gasteiger partial charge is 0.478 e. The van der Waals surface area contributed by atoms with Crippen LogP contribution in [0.5, 0.6) is 0 Å². The summed E-state index contributed by atoms with van der Waals surface area (Å²) in [6.07, 6.45) is 3.44. The minimum atomic E-state index is -1.00. The molecule has 3 aromatic rings. The van der Waals surface area contributed by atoms with Crippen molar-refractivity contribution in [2.24, 2.45) is 0 Å². The first kappa shape index (κ1) is 13.0. The summed E-state index contributed by atoms with van der Waals surface area (Å²) in [6.45, 7) is 0. The van der Waals surface area contributed by atoms with Gasteiger partial charge in [0.25, 0.3) is 0 Å². The van der Waals surface area contributed by atoms with Crippen LogP contribution in [0.2, 0.25) is 0 Å². The van der Waals surface area contributed by atoms with Crippen molar-refractivity contribution in [1.29, 1.82) is 0 Å². The molecule has 4 heteroatoms. The number of hydrogen-bond acceptors (Lipinski definition) is 2. The maximum absolute atomic E-state index is 11.6. The van der Waals surface area contributed by atoms with Crippen LogP contribution in [0.25, 0.3) is 22.6 Å². The highest BCUT2D eigenvalue weighted by atomic mass is 16.4. The average Bonchev–Trinajstić information content (AvgIpc) is 2.89. The van der Waals surface area contributed by atoms with Gasteiger partial charge >= 0.3 is 5.97 Å². The van der Waals surface area contributed by atoms with E-state index < -0.39 is 5.97 Å². The average molecular weight is 278 g/mol. The SMILES string of the molecule is Nc1ccccc1C(=Cc1c[nH]c2ccccc12)C(=O)O. The lowest BCUT2D eigenvalue weighted by molar-refractivity contribution is -0.130. The summed E-state index contributed by atoms with van der Waals surface area (Å²) in [7, 11) is 0. The molecule has 0 fully saturated rings. The fourth-order valence-electron chi connectivity index (χ4n) is 2.37. The number of carboxylic acids is 1. The molecule has 1 heterocycles. The lowest BCUT2D eigenvalue weighted by Crippen LogP contribution is -2.02. The van der Waals surface area contributed by atoms with Crippen LogP contribution in [-0.2, 0) is 4.79 Å². The number of H-pyrrole nitrogens is 1. The van der Waals surface area contributed by atoms with Crippen molar-refractivity contribution >= 4 is 34.2 Å². The molecule has 0 radical (unpaired) electrons. The van der Waals surface area contributed by atoms with Gasteiger partial charge in [-0.1, -0.05) is 36.4 Å². The van der Waals surface area contributed by atoms with E-state index in [0.717, 1.165) is 16.5 Å². The molecule has 1 aromatic heterocycles. The maximum atomic E-state index is 11.6. The zero-order valence-corrected chi connectivity index (χ0v) is 11.2. The summed E-state index contributed by atoms with van der Waals surface area (Å²) in [6, 6.07) is 14.7. The van der Waals surface area contributed by atoms with E-state index in [1.54, 1.807) is 36.5 Å². The fraction of sp³-hybridized carbons (Fsp3) is 0. The summed E-state index contributed by atoms with van der Waals surface area (Å²) in [4.78, 5) is 14.7. The normalized spacial score (nSPS) is 11.7. The second kappa shape index (κ2) is 5.17. The Hall–Kier alpha value is -3.01. The molecule has 4 N–H and O–H groups in total. The Kier molecular flexibility index (Phi) is 3.20. The van der Waals surface area contributed by atoms with Crippen LogP contribution in [0.3, 0.4) is 0 Å². The van der Waals surface area contributed by atoms with Gasteiger partial charge in [-0.25, -0.2) is 4.79 Å². The monoisotopic (exact) mass is 278 g/mol. The molecule has 3 rings (SSSR count). The summed E-state index contributed by atoms with van der Waals surface area (Å²) in [5.41, 5.74) is 8.83. The zero-order valence-electron chi connectivity index (χ0n) is 11.2. The van der Waals surface area contributed by atoms with E-state index in [4.69, 9.17) is 5.73 Å². The van der Waals surface area contributed by atoms with Crippen LogP contribution in [0.15, 0.2) is 54.7 Å². The number of carbonyl (C=O) groups is 1. The molecule has 21 heavy (non-hydrogen) atoms. The molecule has 0 aliphatic rings. The van der Waals surface area contributed by atoms with Gasteiger partial charge < -0.3 is 15.8 Å². The minimum Gasteiger partial charge on any atom is -0.478 e. The van der Waals surface area contributed by atoms with Gasteiger partial charge in [0.1, 0.15) is 0 Å². The number of para-hydroxylation sites is 2. The summed E-state index contributed by atoms with van der Waals surface area (Å²) < 4.78 is 0. The predicted octanol–water partition coefficient (Wildman–Crippen LogP) is 3.38. The first-order valence-corrected chi connectivity index (χ1v) is 6.53. The Balaban J connectivity index is 2.18. The lowest BCUT2D eigenvalue weighted by Gasteiger charge is -2.06. The molecule has 0 aliphatic carbocycles. The number of aromatic nitrogens is 1. The van der Waals surface area contributed by atoms with Crippen LogP contribution >= 0.6 is 0 Å². The molecular formula is C17H14N2O2. The first-order chi connectivity index (χ1) is 10.2. The topological polar surface area (TPSA) is 79.1 Å². The van der Waals surface area contributed by atoms with Gasteiger partial charge in [0.05, 0.1) is 5.57 Å². The number of aliphatic carboxylic acids is 1. The highest BCUT2D eigenvalue weighted by Crippen LogP contribution is 2.27. The standard InChI is InChI=1S/C17H14N2O2/c18-15-7-3-1-6-13(15)14(17(20)21)9-11-10-19-16-8-4-2-5-12(11)16/h1-10,19H,18H2,(H,20,21). The van der Waals surface area contributed by atoms with Gasteiger partial charge in [-0.2, -0.15) is 0 Å². The quantitative estimate of drug-likeness (QED) is 0.507. The van der Waals surface area contributed by atoms with Crippen LogP contribution in [-0.4, -0.2) is 16.1 Å². The van der Waals surface area contributed by atoms with Crippen molar-refractivity contribution in [2.45, 2.75) is 0 Å². The molecule has 0 saturated heterocycles. The third-order valence-electron chi connectivity index (χ3n) is 3.40. The number of nitrogens with two attached hydrogens (primary N) is 1. The molecular weight excluding hydrogens is 264 g/mol. The molecule has 4 nitrogen and oxygen atoms in total. The number of aromatic amines is 1. The highest BCUT2D eigenvalue weighted by molar-refractivity contribution is 6.22. The molecule has 0 spiro atoms. The third kappa shape index (κ3) is 2.39. The van der Waals surface area contributed by atoms with E-state index in [0.29, 0.717) is 11.3 Å². The minimum absolute atomic E-state index is 0.179. The molecule has 0 amide bonds. The number of fused-ring (bicyclic) bond motifs is 1. The van der Waals surface area contributed by atoms with Crippen LogP contribution in [0, 0.1) is 0 Å². The zero-order chi connectivity index (χ0) is 14.8. The van der Waals surface area contributed by atoms with Crippen LogP contribution < -0.4 is 5.73 Å². The van der Waals surface area contributed by atoms with E-state index >= 15 is 0 Å². The predicted molar refractivity (Wildman–Crippen MR) is 84.7 cm³/mol. The van der Waals surface area contributed by atoms with Crippen molar-refractivity contribution in [1.82, 2.24) is 4.98 Å². The van der Waals surface area contributed by atoms with Gasteiger partial charge in [0.15, 0.2) is 0 Å². The van der Waals surface area contributed by atoms with Crippen molar-refractivity contribution < 1.29 is 9.90 Å². The Bertz CT molecular complexity index is 847. The highest BCUT2D eigenvalue weighted by Gasteiger charge is 2.14. The Morgan fingerprint density at radius 2 is 1.81 bits per heavy atom. The van der Waals surface area contributed by atoms with Crippen molar-refractivity contribution in [2.75, 3.05) is 5.73 Å². The Morgan fingerprint density at radius 1 is 1.10 bits per heavy atom. The Morgan fingerprint density at radius 3 is 2.57 bits per heavy atom. The summed E-state index contributed by atoms with van der Waals surface area (Å²) in [5, 5.41) is 10.5. The van der Waals surface area contributed by atoms with Gasteiger partial charge in [-0.05, 0) is 18.2 Å². The number of nitrogens with one attached hydrogen (secondary N) is 1. The van der Waals surface area contributed by atoms with E-state index in [2.05, 4.69) is 4.98 Å². The number of nitrogen functional groups attached to an aromatic ring is 1. The smallest absolute Gasteiger partial charge is 0.336 e. The van der Waals surface area contributed by atoms with Gasteiger partial charge in [0, 0.05) is 33.9 Å². The molecule has 0 atom stereocenters. The molecule has 104 valence electrons. The van der Waals surface area contributed by atoms with Crippen LogP contribution in [0.4, 0.5) is 5.69 Å². The molecule has 0 bridgehead atoms. The number of hydrogen-bond donors (Lipinski definition) is 3. The van der Waals surface area contributed by atoms with Gasteiger partial charge in [-0.15, -0.1) is 0 Å². The molecule has 2 aromatic carbocycles. The second-order valence-electron chi connectivity index (χ2n) is 4.74. The summed E-state index contributed by atoms with van der Waals surface area (Å²) >= 11 is 0. The fourth-order valence-corrected chi connectivity index (χ4v) is 2.37. The maximum Gasteiger partial charge on any atom is 0.336 e. The van der Waals surface area contributed by atoms with Gasteiger partial charge in [0.2, 0.25) is 0 Å². The Labute approximate surface area is 121 Å². The number of anilines is 1. The molecule has 0 saturated carbocycles. The summed E-state index contributed by atoms with van der Waals surface area (Å²) in [5.74, 6) is -1.00. The number of rotatable bonds is 3. The first-order valence-electron chi connectivity index (χ1n) is 6.53. The van der Waals surface area contributed by atoms with Crippen molar-refractivity contribution in [3.63, 3.8) is 0 Å². The van der Waals surface area contributed by atoms with E-state index in [9.17, 15) is 9.90 Å². The number of benzene rings is 2. The van der Waals surface area contributed by atoms with E-state index in [1.165, 1.54) is 0 Å². The van der Waals surface area contributed by atoms with Crippen molar-refractivity contribution in [3.05, 3.63) is 65.9 Å². The van der Waals surface area contributed by atoms with Crippen molar-refractivity contribution in [3.8, 4) is 0 Å². The lowest BCUT2D eigenvalue weighted by atomic mass is 10.0. The third-order valence-corrected chi connectivity index (χ3v) is 3.40. The van der Waals surface area contributed by atoms with E-state index in [1.807, 2.05) is 24.3 Å². The number of carboxylic acid groups (broad SMARTS) is 1. The van der Waals surface area contributed by atoms with Crippen LogP contribution in [0.1, 0.15) is 11.1 Å². The van der Waals surface area contributed by atoms with Gasteiger partial charge in [-0.3, -0.25) is 0 Å². The van der Waals surface area contributed by atoms with E-state index in [-0.39, 0.29) is 5.57 Å². The molecule has 0 unspecified atom stereocenters.